The van der Waals surface area contributed by atoms with Crippen molar-refractivity contribution in [3.63, 3.8) is 0 Å². The van der Waals surface area contributed by atoms with Crippen molar-refractivity contribution in [1.82, 2.24) is 9.13 Å². The highest BCUT2D eigenvalue weighted by molar-refractivity contribution is 6.22. The maximum atomic E-state index is 11.0. The Morgan fingerprint density at radius 2 is 0.698 bits per heavy atom. The molecule has 2 heterocycles. The van der Waals surface area contributed by atoms with E-state index in [-0.39, 0.29) is 0 Å². The lowest BCUT2D eigenvalue weighted by molar-refractivity contribution is 0.0787. The van der Waals surface area contributed by atoms with E-state index in [4.69, 9.17) is 0 Å². The average Bonchev–Trinajstić information content (AvgIpc) is 1.12. The summed E-state index contributed by atoms with van der Waals surface area (Å²) in [7, 11) is 0. The number of aromatic nitrogens is 2. The van der Waals surface area contributed by atoms with Crippen LogP contribution in [0.1, 0.15) is 72.9 Å². The minimum absolute atomic E-state index is 0.919. The number of hydrogen-bond donors (Lipinski definition) is 1. The molecule has 12 aromatic carbocycles. The molecule has 0 atom stereocenters. The molecule has 0 fully saturated rings. The van der Waals surface area contributed by atoms with Crippen molar-refractivity contribution in [3.05, 3.63) is 280 Å². The highest BCUT2D eigenvalue weighted by Gasteiger charge is 2.24. The van der Waals surface area contributed by atoms with E-state index < -0.39 is 5.60 Å². The van der Waals surface area contributed by atoms with Gasteiger partial charge in [0.25, 0.3) is 0 Å². The molecular weight excluding hydrogens is 1040 g/mol. The van der Waals surface area contributed by atoms with Crippen molar-refractivity contribution < 1.29 is 5.11 Å². The largest absolute Gasteiger partial charge is 0.386 e. The maximum absolute atomic E-state index is 11.0. The molecule has 0 bridgehead atoms. The van der Waals surface area contributed by atoms with Gasteiger partial charge < -0.3 is 14.2 Å². The fourth-order valence-electron chi connectivity index (χ4n) is 14.1. The third kappa shape index (κ3) is 8.83. The molecule has 416 valence electrons. The van der Waals surface area contributed by atoms with Crippen LogP contribution in [0.5, 0.6) is 0 Å². The van der Waals surface area contributed by atoms with E-state index >= 15 is 0 Å². The minimum Gasteiger partial charge on any atom is -0.386 e. The van der Waals surface area contributed by atoms with Crippen molar-refractivity contribution in [2.45, 2.75) is 72.8 Å². The van der Waals surface area contributed by atoms with Gasteiger partial charge in [-0.3, -0.25) is 0 Å². The number of allylic oxidation sites excluding steroid dienone is 4. The van der Waals surface area contributed by atoms with Gasteiger partial charge >= 0.3 is 0 Å². The summed E-state index contributed by atoms with van der Waals surface area (Å²) in [5.41, 5.74) is 22.8. The minimum atomic E-state index is -0.919. The van der Waals surface area contributed by atoms with Gasteiger partial charge in [-0.25, -0.2) is 0 Å². The summed E-state index contributed by atoms with van der Waals surface area (Å²) < 4.78 is 4.77. The van der Waals surface area contributed by atoms with Gasteiger partial charge in [0, 0.05) is 32.9 Å². The van der Waals surface area contributed by atoms with Crippen LogP contribution in [-0.2, 0) is 5.60 Å². The third-order valence-corrected chi connectivity index (χ3v) is 18.6. The number of aryl methyl sites for hydroxylation is 4. The molecule has 14 aromatic rings. The predicted octanol–water partition coefficient (Wildman–Crippen LogP) is 20.6. The van der Waals surface area contributed by atoms with E-state index in [0.29, 0.717) is 0 Å². The summed E-state index contributed by atoms with van der Waals surface area (Å²) >= 11 is 0. The topological polar surface area (TPSA) is 30.1 Å². The number of benzene rings is 12. The zero-order valence-corrected chi connectivity index (χ0v) is 49.8. The fraction of sp³-hybridized carbons (Fsp3) is 0.133. The second-order valence-electron chi connectivity index (χ2n) is 24.4. The van der Waals surface area contributed by atoms with Gasteiger partial charge in [-0.05, 0) is 237 Å². The highest BCUT2D eigenvalue weighted by atomic mass is 16.3. The fourth-order valence-corrected chi connectivity index (χ4v) is 14.1. The Bertz CT molecular complexity index is 5100. The van der Waals surface area contributed by atoms with Crippen LogP contribution in [0.15, 0.2) is 237 Å². The van der Waals surface area contributed by atoms with E-state index in [1.54, 1.807) is 0 Å². The Hall–Kier alpha value is -9.80. The summed E-state index contributed by atoms with van der Waals surface area (Å²) in [6.45, 7) is 12.7. The second-order valence-corrected chi connectivity index (χ2v) is 24.4. The van der Waals surface area contributed by atoms with Crippen molar-refractivity contribution in [1.29, 1.82) is 0 Å². The van der Waals surface area contributed by atoms with Crippen LogP contribution >= 0.6 is 0 Å². The zero-order chi connectivity index (χ0) is 58.4. The standard InChI is InChI=1S/C42H33N.C41H35NO/c1-26-22-35-37(24-28(26)3)42(38-25-29(4)27(2)23-36(38)41(35)30-12-6-5-7-13-30)31-18-20-32(21-19-31)43-39-16-10-8-14-33(39)34-15-9-11-17-40(34)43;1-41(2,43)29-22-25-35-36(26-29)40(27-12-4-3-5-13-27)34-17-7-6-16-33(34)39(35)28-20-23-30(24-21-28)42-37-18-10-8-14-31(37)32-15-9-11-19-38(32)42/h5-25H,1-4H3;4,8-26,43H,3,5-7H2,1-2H3. The van der Waals surface area contributed by atoms with Crippen molar-refractivity contribution in [2.24, 2.45) is 0 Å². The Morgan fingerprint density at radius 3 is 1.12 bits per heavy atom. The van der Waals surface area contributed by atoms with Crippen LogP contribution in [0, 0.1) is 27.7 Å². The van der Waals surface area contributed by atoms with E-state index in [2.05, 4.69) is 286 Å². The average molecular weight is 1110 g/mol. The molecule has 0 spiro atoms. The molecule has 16 rings (SSSR count). The lowest BCUT2D eigenvalue weighted by Crippen LogP contribution is -2.33. The molecule has 0 saturated heterocycles. The van der Waals surface area contributed by atoms with E-state index in [1.165, 1.54) is 159 Å². The molecule has 0 saturated carbocycles. The van der Waals surface area contributed by atoms with Crippen molar-refractivity contribution in [2.75, 3.05) is 0 Å². The molecule has 2 aliphatic rings. The molecular formula is C83H68N2O. The zero-order valence-electron chi connectivity index (χ0n) is 49.8. The predicted molar refractivity (Wildman–Crippen MR) is 368 cm³/mol. The van der Waals surface area contributed by atoms with Crippen molar-refractivity contribution >= 4 is 93.7 Å². The first-order chi connectivity index (χ1) is 42.0. The van der Waals surface area contributed by atoms with Crippen LogP contribution in [0.4, 0.5) is 0 Å². The number of fused-ring (bicyclic) bond motifs is 10. The number of nitrogens with zero attached hydrogens (tertiary/aromatic N) is 2. The number of aliphatic hydroxyl groups is 1. The van der Waals surface area contributed by atoms with Crippen LogP contribution < -0.4 is 10.4 Å². The summed E-state index contributed by atoms with van der Waals surface area (Å²) in [4.78, 5) is 0. The Morgan fingerprint density at radius 1 is 0.326 bits per heavy atom. The van der Waals surface area contributed by atoms with Gasteiger partial charge in [0.1, 0.15) is 0 Å². The van der Waals surface area contributed by atoms with Crippen LogP contribution in [0.2, 0.25) is 0 Å². The van der Waals surface area contributed by atoms with Crippen LogP contribution in [-0.4, -0.2) is 14.2 Å². The van der Waals surface area contributed by atoms with E-state index in [0.717, 1.165) is 36.9 Å². The van der Waals surface area contributed by atoms with Gasteiger partial charge in [0.2, 0.25) is 0 Å². The summed E-state index contributed by atoms with van der Waals surface area (Å²) in [5, 5.41) is 26.5. The van der Waals surface area contributed by atoms with Crippen LogP contribution in [0.25, 0.3) is 138 Å². The molecule has 0 aliphatic heterocycles. The SMILES string of the molecule is CC(C)(O)c1ccc2c(-c3ccc(-n4c5ccccc5c5ccccc54)cc3)c3c(c(C4=CCCC=C4)c2c1)=CCCC=3.Cc1cc2c(-c3ccccc3)c3cc(C)c(C)cc3c(-c3ccc(-n4c5ccccc5c5ccccc54)cc3)c2cc1C. The first-order valence-corrected chi connectivity index (χ1v) is 30.6. The Kier molecular flexibility index (Phi) is 13.0. The van der Waals surface area contributed by atoms with Gasteiger partial charge in [-0.15, -0.1) is 0 Å². The number of hydrogen-bond acceptors (Lipinski definition) is 1. The summed E-state index contributed by atoms with van der Waals surface area (Å²) in [6.07, 6.45) is 16.1. The number of rotatable bonds is 7. The van der Waals surface area contributed by atoms with E-state index in [9.17, 15) is 5.11 Å². The van der Waals surface area contributed by atoms with Gasteiger partial charge in [0.15, 0.2) is 0 Å². The lowest BCUT2D eigenvalue weighted by atomic mass is 9.83. The first-order valence-electron chi connectivity index (χ1n) is 30.6. The molecule has 1 N–H and O–H groups in total. The molecule has 0 radical (unpaired) electrons. The molecule has 3 nitrogen and oxygen atoms in total. The molecule has 0 amide bonds. The smallest absolute Gasteiger partial charge is 0.0840 e. The van der Waals surface area contributed by atoms with Gasteiger partial charge in [-0.2, -0.15) is 0 Å². The molecule has 2 aliphatic carbocycles. The quantitative estimate of drug-likeness (QED) is 0.158. The summed E-state index contributed by atoms with van der Waals surface area (Å²) in [5.74, 6) is 0. The molecule has 0 unspecified atom stereocenters. The monoisotopic (exact) mass is 1110 g/mol. The lowest BCUT2D eigenvalue weighted by Gasteiger charge is -2.23. The Labute approximate surface area is 503 Å². The molecule has 3 heteroatoms. The molecule has 86 heavy (non-hydrogen) atoms. The van der Waals surface area contributed by atoms with Gasteiger partial charge in [0.05, 0.1) is 27.7 Å². The van der Waals surface area contributed by atoms with Crippen LogP contribution in [0.3, 0.4) is 0 Å². The second kappa shape index (κ2) is 21.1. The molecule has 2 aromatic heterocycles. The van der Waals surface area contributed by atoms with Crippen molar-refractivity contribution in [3.8, 4) is 44.8 Å². The van der Waals surface area contributed by atoms with E-state index in [1.807, 2.05) is 13.8 Å². The normalized spacial score (nSPS) is 13.3. The summed E-state index contributed by atoms with van der Waals surface area (Å²) in [6, 6.07) is 80.2. The maximum Gasteiger partial charge on any atom is 0.0840 e. The number of para-hydroxylation sites is 4. The van der Waals surface area contributed by atoms with Gasteiger partial charge in [-0.1, -0.05) is 194 Å². The highest BCUT2D eigenvalue weighted by Crippen LogP contribution is 2.46. The first kappa shape index (κ1) is 53.0. The Balaban J connectivity index is 0.000000145. The third-order valence-electron chi connectivity index (χ3n) is 18.6.